The van der Waals surface area contributed by atoms with E-state index in [1.807, 2.05) is 6.92 Å². The van der Waals surface area contributed by atoms with Crippen molar-refractivity contribution >= 4 is 10.0 Å². The third-order valence-corrected chi connectivity index (χ3v) is 4.45. The monoisotopic (exact) mass is 283 g/mol. The molecule has 0 bridgehead atoms. The first-order chi connectivity index (χ1) is 8.66. The molecule has 0 fully saturated rings. The van der Waals surface area contributed by atoms with Gasteiger partial charge in [-0.1, -0.05) is 23.8 Å². The molecule has 0 radical (unpaired) electrons. The average molecular weight is 283 g/mol. The minimum atomic E-state index is -3.58. The second-order valence-corrected chi connectivity index (χ2v) is 6.99. The van der Waals surface area contributed by atoms with Crippen molar-refractivity contribution in [2.24, 2.45) is 0 Å². The van der Waals surface area contributed by atoms with Crippen LogP contribution in [0.2, 0.25) is 0 Å². The number of aryl methyl sites for hydroxylation is 1. The van der Waals surface area contributed by atoms with Crippen LogP contribution in [0.3, 0.4) is 0 Å². The summed E-state index contributed by atoms with van der Waals surface area (Å²) in [6.07, 6.45) is 0.916. The number of aliphatic hydroxyl groups is 1. The molecule has 106 valence electrons. The van der Waals surface area contributed by atoms with Crippen molar-refractivity contribution in [3.05, 3.63) is 42.5 Å². The molecule has 0 spiro atoms. The Bertz CT molecular complexity index is 532. The van der Waals surface area contributed by atoms with Gasteiger partial charge in [-0.05, 0) is 39.3 Å². The Balaban J connectivity index is 2.90. The molecule has 1 atom stereocenters. The number of hydrogen-bond acceptors (Lipinski definition) is 3. The zero-order valence-corrected chi connectivity index (χ0v) is 12.4. The van der Waals surface area contributed by atoms with Crippen molar-refractivity contribution in [2.45, 2.75) is 43.7 Å². The Morgan fingerprint density at radius 2 is 1.89 bits per heavy atom. The Kier molecular flexibility index (Phi) is 4.90. The van der Waals surface area contributed by atoms with Gasteiger partial charge in [0.2, 0.25) is 10.0 Å². The molecule has 2 N–H and O–H groups in total. The number of rotatable bonds is 6. The predicted octanol–water partition coefficient (Wildman–Crippen LogP) is 1.99. The minimum Gasteiger partial charge on any atom is -0.389 e. The summed E-state index contributed by atoms with van der Waals surface area (Å²) in [5.41, 5.74) is 0.248. The van der Waals surface area contributed by atoms with Crippen LogP contribution in [0.25, 0.3) is 0 Å². The van der Waals surface area contributed by atoms with Crippen LogP contribution < -0.4 is 4.72 Å². The first-order valence-electron chi connectivity index (χ1n) is 6.07. The first kappa shape index (κ1) is 15.9. The molecule has 19 heavy (non-hydrogen) atoms. The lowest BCUT2D eigenvalue weighted by atomic mass is 9.98. The average Bonchev–Trinajstić information content (AvgIpc) is 2.27. The first-order valence-corrected chi connectivity index (χ1v) is 7.56. The number of sulfonamides is 1. The molecule has 0 heterocycles. The van der Waals surface area contributed by atoms with Gasteiger partial charge in [0.15, 0.2) is 0 Å². The fraction of sp³-hybridized carbons (Fsp3) is 0.429. The zero-order chi connectivity index (χ0) is 14.7. The normalized spacial score (nSPS) is 14.1. The van der Waals surface area contributed by atoms with Crippen LogP contribution in [0.4, 0.5) is 0 Å². The van der Waals surface area contributed by atoms with Crippen LogP contribution >= 0.6 is 0 Å². The van der Waals surface area contributed by atoms with Crippen LogP contribution in [0.1, 0.15) is 25.8 Å². The van der Waals surface area contributed by atoms with Crippen molar-refractivity contribution in [2.75, 3.05) is 0 Å². The largest absolute Gasteiger partial charge is 0.389 e. The molecular weight excluding hydrogens is 262 g/mol. The lowest BCUT2D eigenvalue weighted by Crippen LogP contribution is -2.45. The number of nitrogens with one attached hydrogen (secondary N) is 1. The summed E-state index contributed by atoms with van der Waals surface area (Å²) in [6.45, 7) is 8.83. The second-order valence-electron chi connectivity index (χ2n) is 5.31. The molecule has 0 amide bonds. The molecule has 0 saturated carbocycles. The summed E-state index contributed by atoms with van der Waals surface area (Å²) in [6, 6.07) is 6.63. The van der Waals surface area contributed by atoms with Gasteiger partial charge < -0.3 is 5.11 Å². The van der Waals surface area contributed by atoms with Gasteiger partial charge in [0.05, 0.1) is 11.0 Å². The molecule has 0 aliphatic heterocycles. The van der Waals surface area contributed by atoms with Gasteiger partial charge >= 0.3 is 0 Å². The van der Waals surface area contributed by atoms with Gasteiger partial charge in [-0.2, -0.15) is 0 Å². The lowest BCUT2D eigenvalue weighted by molar-refractivity contribution is 0.179. The third-order valence-electron chi connectivity index (χ3n) is 2.73. The van der Waals surface area contributed by atoms with E-state index < -0.39 is 21.7 Å². The summed E-state index contributed by atoms with van der Waals surface area (Å²) >= 11 is 0. The molecule has 1 rings (SSSR count). The van der Waals surface area contributed by atoms with E-state index >= 15 is 0 Å². The summed E-state index contributed by atoms with van der Waals surface area (Å²) in [4.78, 5) is 0.222. The smallest absolute Gasteiger partial charge is 0.241 e. The highest BCUT2D eigenvalue weighted by molar-refractivity contribution is 7.89. The molecule has 5 heteroatoms. The van der Waals surface area contributed by atoms with Crippen molar-refractivity contribution in [1.29, 1.82) is 0 Å². The standard InChI is InChI=1S/C14H21NO3S/c1-5-12(16)10-14(3,4)15-19(17,18)13-8-6-11(2)7-9-13/h5-9,12,15-16H,1,10H2,2-4H3. The van der Waals surface area contributed by atoms with E-state index in [4.69, 9.17) is 0 Å². The van der Waals surface area contributed by atoms with Gasteiger partial charge in [-0.25, -0.2) is 13.1 Å². The topological polar surface area (TPSA) is 66.4 Å². The lowest BCUT2D eigenvalue weighted by Gasteiger charge is -2.27. The maximum atomic E-state index is 12.2. The molecular formula is C14H21NO3S. The Hall–Kier alpha value is -1.17. The molecule has 0 aromatic heterocycles. The Labute approximate surface area is 115 Å². The molecule has 4 nitrogen and oxygen atoms in total. The van der Waals surface area contributed by atoms with E-state index in [1.165, 1.54) is 6.08 Å². The van der Waals surface area contributed by atoms with E-state index in [0.29, 0.717) is 0 Å². The molecule has 1 aromatic rings. The van der Waals surface area contributed by atoms with Crippen LogP contribution in [0.5, 0.6) is 0 Å². The Morgan fingerprint density at radius 3 is 2.37 bits per heavy atom. The van der Waals surface area contributed by atoms with E-state index in [0.717, 1.165) is 5.56 Å². The second kappa shape index (κ2) is 5.86. The maximum absolute atomic E-state index is 12.2. The quantitative estimate of drug-likeness (QED) is 0.785. The number of benzene rings is 1. The molecule has 0 aliphatic carbocycles. The van der Waals surface area contributed by atoms with Crippen molar-refractivity contribution in [3.63, 3.8) is 0 Å². The summed E-state index contributed by atoms with van der Waals surface area (Å²) in [5, 5.41) is 9.54. The highest BCUT2D eigenvalue weighted by Gasteiger charge is 2.27. The number of aliphatic hydroxyl groups excluding tert-OH is 1. The highest BCUT2D eigenvalue weighted by Crippen LogP contribution is 2.18. The van der Waals surface area contributed by atoms with E-state index in [2.05, 4.69) is 11.3 Å². The van der Waals surface area contributed by atoms with Crippen molar-refractivity contribution in [1.82, 2.24) is 4.72 Å². The molecule has 0 aliphatic rings. The van der Waals surface area contributed by atoms with Gasteiger partial charge in [-0.15, -0.1) is 6.58 Å². The summed E-state index contributed by atoms with van der Waals surface area (Å²) in [7, 11) is -3.58. The SMILES string of the molecule is C=CC(O)CC(C)(C)NS(=O)(=O)c1ccc(C)cc1. The van der Waals surface area contributed by atoms with Gasteiger partial charge in [-0.3, -0.25) is 0 Å². The van der Waals surface area contributed by atoms with Crippen LogP contribution in [0, 0.1) is 6.92 Å². The van der Waals surface area contributed by atoms with Gasteiger partial charge in [0.25, 0.3) is 0 Å². The van der Waals surface area contributed by atoms with Gasteiger partial charge in [0.1, 0.15) is 0 Å². The molecule has 0 saturated heterocycles. The maximum Gasteiger partial charge on any atom is 0.241 e. The Morgan fingerprint density at radius 1 is 1.37 bits per heavy atom. The van der Waals surface area contributed by atoms with Crippen molar-refractivity contribution in [3.8, 4) is 0 Å². The predicted molar refractivity (Wildman–Crippen MR) is 76.4 cm³/mol. The molecule has 1 aromatic carbocycles. The highest BCUT2D eigenvalue weighted by atomic mass is 32.2. The fourth-order valence-corrected chi connectivity index (χ4v) is 3.21. The summed E-state index contributed by atoms with van der Waals surface area (Å²) < 4.78 is 27.0. The van der Waals surface area contributed by atoms with E-state index in [-0.39, 0.29) is 11.3 Å². The molecule has 1 unspecified atom stereocenters. The van der Waals surface area contributed by atoms with Crippen LogP contribution in [-0.4, -0.2) is 25.2 Å². The van der Waals surface area contributed by atoms with Crippen LogP contribution in [0.15, 0.2) is 41.8 Å². The summed E-state index contributed by atoms with van der Waals surface area (Å²) in [5.74, 6) is 0. The van der Waals surface area contributed by atoms with E-state index in [9.17, 15) is 13.5 Å². The number of hydrogen-bond donors (Lipinski definition) is 2. The van der Waals surface area contributed by atoms with Crippen molar-refractivity contribution < 1.29 is 13.5 Å². The zero-order valence-electron chi connectivity index (χ0n) is 11.6. The fourth-order valence-electron chi connectivity index (χ4n) is 1.79. The van der Waals surface area contributed by atoms with E-state index in [1.54, 1.807) is 38.1 Å². The van der Waals surface area contributed by atoms with Crippen LogP contribution in [-0.2, 0) is 10.0 Å². The third kappa shape index (κ3) is 4.78. The minimum absolute atomic E-state index is 0.222. The van der Waals surface area contributed by atoms with Gasteiger partial charge in [0, 0.05) is 5.54 Å².